The Morgan fingerprint density at radius 3 is 2.33 bits per heavy atom. The molecule has 4 N–H and O–H groups in total. The summed E-state index contributed by atoms with van der Waals surface area (Å²) in [5.74, 6) is -0.306. The summed E-state index contributed by atoms with van der Waals surface area (Å²) in [5, 5.41) is 8.69. The molecule has 0 amide bonds. The topological polar surface area (TPSA) is 101 Å². The van der Waals surface area contributed by atoms with Crippen molar-refractivity contribution in [1.29, 1.82) is 0 Å². The fraction of sp³-hybridized carbons (Fsp3) is 1.00. The Hall–Kier alpha value is -0.170. The van der Waals surface area contributed by atoms with Crippen molar-refractivity contribution < 1.29 is 18.1 Å². The van der Waals surface area contributed by atoms with Crippen LogP contribution in [-0.4, -0.2) is 36.0 Å². The first-order valence-electron chi connectivity index (χ1n) is 3.62. The first-order valence-corrected chi connectivity index (χ1v) is 5.23. The van der Waals surface area contributed by atoms with Gasteiger partial charge in [0.05, 0.1) is 12.4 Å². The molecule has 0 spiro atoms. The molecule has 0 aromatic rings. The summed E-state index contributed by atoms with van der Waals surface area (Å²) in [7, 11) is -3.89. The Balaban J connectivity index is 3.72. The second-order valence-electron chi connectivity index (χ2n) is 3.20. The van der Waals surface area contributed by atoms with E-state index in [1.165, 1.54) is 0 Å². The monoisotopic (exact) mass is 197 g/mol. The summed E-state index contributed by atoms with van der Waals surface area (Å²) < 4.78 is 28.9. The molecule has 0 radical (unpaired) electrons. The average Bonchev–Trinajstić information content (AvgIpc) is 1.84. The summed E-state index contributed by atoms with van der Waals surface area (Å²) in [6.45, 7) is 1.43. The lowest BCUT2D eigenvalue weighted by molar-refractivity contribution is 0.199. The largest absolute Gasteiger partial charge is 0.394 e. The van der Waals surface area contributed by atoms with Gasteiger partial charge in [0.15, 0.2) is 0 Å². The van der Waals surface area contributed by atoms with Gasteiger partial charge in [0, 0.05) is 5.54 Å². The minimum Gasteiger partial charge on any atom is -0.394 e. The highest BCUT2D eigenvalue weighted by molar-refractivity contribution is 7.85. The van der Waals surface area contributed by atoms with E-state index in [-0.39, 0.29) is 18.8 Å². The van der Waals surface area contributed by atoms with Crippen molar-refractivity contribution in [3.05, 3.63) is 0 Å². The van der Waals surface area contributed by atoms with E-state index in [0.29, 0.717) is 6.42 Å². The van der Waals surface area contributed by atoms with Crippen LogP contribution in [0.5, 0.6) is 0 Å². The quantitative estimate of drug-likeness (QED) is 0.509. The predicted octanol–water partition coefficient (Wildman–Crippen LogP) is -0.636. The van der Waals surface area contributed by atoms with Crippen LogP contribution in [0.15, 0.2) is 0 Å². The van der Waals surface area contributed by atoms with E-state index in [9.17, 15) is 8.42 Å². The molecule has 0 fully saturated rings. The summed E-state index contributed by atoms with van der Waals surface area (Å²) in [6.07, 6.45) is 0.621. The molecule has 6 heteroatoms. The molecule has 74 valence electrons. The van der Waals surface area contributed by atoms with Gasteiger partial charge >= 0.3 is 0 Å². The number of aliphatic hydroxyl groups excluding tert-OH is 1. The molecular weight excluding hydrogens is 182 g/mol. The van der Waals surface area contributed by atoms with Gasteiger partial charge in [-0.2, -0.15) is 8.42 Å². The molecule has 0 saturated carbocycles. The van der Waals surface area contributed by atoms with Gasteiger partial charge in [0.25, 0.3) is 10.1 Å². The highest BCUT2D eigenvalue weighted by atomic mass is 32.2. The van der Waals surface area contributed by atoms with Crippen LogP contribution in [0, 0.1) is 0 Å². The maximum Gasteiger partial charge on any atom is 0.264 e. The molecule has 0 aliphatic rings. The van der Waals surface area contributed by atoms with Gasteiger partial charge in [-0.05, 0) is 19.8 Å². The fourth-order valence-electron chi connectivity index (χ4n) is 0.737. The van der Waals surface area contributed by atoms with Gasteiger partial charge in [-0.3, -0.25) is 4.55 Å². The lowest BCUT2D eigenvalue weighted by atomic mass is 9.99. The normalized spacial score (nSPS) is 17.3. The third-order valence-corrected chi connectivity index (χ3v) is 2.32. The molecule has 0 aliphatic heterocycles. The summed E-state index contributed by atoms with van der Waals surface area (Å²) >= 11 is 0. The fourth-order valence-corrected chi connectivity index (χ4v) is 1.25. The highest BCUT2D eigenvalue weighted by Crippen LogP contribution is 2.08. The van der Waals surface area contributed by atoms with E-state index in [0.717, 1.165) is 0 Å². The Morgan fingerprint density at radius 2 is 2.00 bits per heavy atom. The van der Waals surface area contributed by atoms with E-state index >= 15 is 0 Å². The molecule has 5 nitrogen and oxygen atoms in total. The van der Waals surface area contributed by atoms with E-state index in [1.54, 1.807) is 6.92 Å². The van der Waals surface area contributed by atoms with Crippen molar-refractivity contribution in [2.75, 3.05) is 12.4 Å². The van der Waals surface area contributed by atoms with Crippen molar-refractivity contribution in [3.63, 3.8) is 0 Å². The number of rotatable bonds is 5. The van der Waals surface area contributed by atoms with Crippen LogP contribution in [0.2, 0.25) is 0 Å². The van der Waals surface area contributed by atoms with Crippen molar-refractivity contribution in [2.45, 2.75) is 25.3 Å². The van der Waals surface area contributed by atoms with Crippen LogP contribution in [0.1, 0.15) is 19.8 Å². The predicted molar refractivity (Wildman–Crippen MR) is 45.3 cm³/mol. The van der Waals surface area contributed by atoms with Gasteiger partial charge in [0.2, 0.25) is 0 Å². The van der Waals surface area contributed by atoms with Gasteiger partial charge in [0.1, 0.15) is 0 Å². The van der Waals surface area contributed by atoms with Crippen molar-refractivity contribution >= 4 is 10.1 Å². The molecule has 1 atom stereocenters. The smallest absolute Gasteiger partial charge is 0.264 e. The summed E-state index contributed by atoms with van der Waals surface area (Å²) in [6, 6.07) is 0. The molecular formula is C6H15NO4S. The first-order chi connectivity index (χ1) is 5.27. The van der Waals surface area contributed by atoms with E-state index in [2.05, 4.69) is 0 Å². The van der Waals surface area contributed by atoms with E-state index in [4.69, 9.17) is 15.4 Å². The standard InChI is InChI=1S/C6H15NO4S/c1-6(7,5-8)3-2-4-12(9,10)11/h8H,2-5,7H2,1H3,(H,9,10,11)/t6-/m0/s1. The van der Waals surface area contributed by atoms with Gasteiger partial charge < -0.3 is 10.8 Å². The molecule has 0 aromatic heterocycles. The zero-order valence-corrected chi connectivity index (χ0v) is 7.84. The minimum atomic E-state index is -3.89. The molecule has 0 unspecified atom stereocenters. The number of aliphatic hydroxyl groups is 1. The lowest BCUT2D eigenvalue weighted by Gasteiger charge is -2.20. The van der Waals surface area contributed by atoms with Crippen molar-refractivity contribution in [2.24, 2.45) is 5.73 Å². The molecule has 0 aliphatic carbocycles. The maximum atomic E-state index is 10.3. The lowest BCUT2D eigenvalue weighted by Crippen LogP contribution is -2.40. The minimum absolute atomic E-state index is 0.196. The second-order valence-corrected chi connectivity index (χ2v) is 4.77. The zero-order valence-electron chi connectivity index (χ0n) is 7.02. The van der Waals surface area contributed by atoms with E-state index < -0.39 is 15.7 Å². The molecule has 0 saturated heterocycles. The Morgan fingerprint density at radius 1 is 1.50 bits per heavy atom. The van der Waals surface area contributed by atoms with Crippen LogP contribution in [-0.2, 0) is 10.1 Å². The number of nitrogens with two attached hydrogens (primary N) is 1. The summed E-state index contributed by atoms with van der Waals surface area (Å²) in [4.78, 5) is 0. The summed E-state index contributed by atoms with van der Waals surface area (Å²) in [5.41, 5.74) is 4.76. The SMILES string of the molecule is C[C@@](N)(CO)CCCS(=O)(=O)O. The van der Waals surface area contributed by atoms with Gasteiger partial charge in [-0.1, -0.05) is 0 Å². The Bertz CT molecular complexity index is 222. The molecule has 0 aromatic carbocycles. The highest BCUT2D eigenvalue weighted by Gasteiger charge is 2.17. The number of hydrogen-bond donors (Lipinski definition) is 3. The molecule has 12 heavy (non-hydrogen) atoms. The average molecular weight is 197 g/mol. The second kappa shape index (κ2) is 4.18. The molecule has 0 bridgehead atoms. The molecule has 0 heterocycles. The van der Waals surface area contributed by atoms with Gasteiger partial charge in [-0.15, -0.1) is 0 Å². The van der Waals surface area contributed by atoms with Crippen LogP contribution in [0.3, 0.4) is 0 Å². The van der Waals surface area contributed by atoms with Crippen LogP contribution in [0.4, 0.5) is 0 Å². The zero-order chi connectivity index (χ0) is 9.83. The van der Waals surface area contributed by atoms with Crippen LogP contribution in [0.25, 0.3) is 0 Å². The first kappa shape index (κ1) is 11.8. The van der Waals surface area contributed by atoms with E-state index in [1.807, 2.05) is 0 Å². The third-order valence-electron chi connectivity index (χ3n) is 1.51. The van der Waals surface area contributed by atoms with Gasteiger partial charge in [-0.25, -0.2) is 0 Å². The van der Waals surface area contributed by atoms with Crippen molar-refractivity contribution in [1.82, 2.24) is 0 Å². The number of hydrogen-bond acceptors (Lipinski definition) is 4. The van der Waals surface area contributed by atoms with Crippen LogP contribution < -0.4 is 5.73 Å². The maximum absolute atomic E-state index is 10.3. The Kier molecular flexibility index (Phi) is 4.12. The van der Waals surface area contributed by atoms with Crippen LogP contribution >= 0.6 is 0 Å². The third kappa shape index (κ3) is 6.53. The van der Waals surface area contributed by atoms with Crippen molar-refractivity contribution in [3.8, 4) is 0 Å². The molecule has 0 rings (SSSR count). The Labute approximate surface area is 72.3 Å².